The Bertz CT molecular complexity index is 1140. The topological polar surface area (TPSA) is 59.4 Å². The van der Waals surface area contributed by atoms with Crippen LogP contribution < -0.4 is 0 Å². The molecule has 1 unspecified atom stereocenters. The minimum absolute atomic E-state index is 0.233. The highest BCUT2D eigenvalue weighted by atomic mass is 19.1. The van der Waals surface area contributed by atoms with Crippen molar-refractivity contribution in [2.75, 3.05) is 0 Å². The summed E-state index contributed by atoms with van der Waals surface area (Å²) in [5, 5.41) is 13.1. The van der Waals surface area contributed by atoms with Crippen LogP contribution in [0.3, 0.4) is 0 Å². The zero-order valence-corrected chi connectivity index (χ0v) is 14.0. The summed E-state index contributed by atoms with van der Waals surface area (Å²) in [5.41, 5.74) is 6.20. The number of fused-ring (bicyclic) bond motifs is 6. The van der Waals surface area contributed by atoms with E-state index in [0.29, 0.717) is 12.0 Å². The van der Waals surface area contributed by atoms with Crippen molar-refractivity contribution in [3.63, 3.8) is 0 Å². The van der Waals surface area contributed by atoms with Gasteiger partial charge in [-0.1, -0.05) is 0 Å². The molecular weight excluding hydrogens is 329 g/mol. The Hall–Kier alpha value is -3.02. The highest BCUT2D eigenvalue weighted by Crippen LogP contribution is 2.54. The molecular formula is C20H16FN5. The smallest absolute Gasteiger partial charge is 0.155 e. The van der Waals surface area contributed by atoms with Gasteiger partial charge in [0.25, 0.3) is 0 Å². The lowest BCUT2D eigenvalue weighted by molar-refractivity contribution is 0.478. The lowest BCUT2D eigenvalue weighted by Crippen LogP contribution is -2.07. The zero-order valence-electron chi connectivity index (χ0n) is 14.0. The van der Waals surface area contributed by atoms with Gasteiger partial charge in [-0.15, -0.1) is 0 Å². The zero-order chi connectivity index (χ0) is 17.3. The summed E-state index contributed by atoms with van der Waals surface area (Å²) in [6.45, 7) is 0. The average molecular weight is 345 g/mol. The van der Waals surface area contributed by atoms with E-state index in [1.807, 2.05) is 30.6 Å². The molecule has 128 valence electrons. The summed E-state index contributed by atoms with van der Waals surface area (Å²) >= 11 is 0. The van der Waals surface area contributed by atoms with Crippen LogP contribution >= 0.6 is 0 Å². The monoisotopic (exact) mass is 345 g/mol. The van der Waals surface area contributed by atoms with Gasteiger partial charge in [-0.05, 0) is 55.2 Å². The first-order valence-electron chi connectivity index (χ1n) is 8.96. The number of hydrogen-bond donors (Lipinski definition) is 1. The third-order valence-electron chi connectivity index (χ3n) is 5.83. The highest BCUT2D eigenvalue weighted by Gasteiger charge is 2.41. The Balaban J connectivity index is 1.68. The van der Waals surface area contributed by atoms with Crippen LogP contribution in [0.25, 0.3) is 33.4 Å². The molecule has 4 aromatic rings. The highest BCUT2D eigenvalue weighted by molar-refractivity contribution is 5.97. The number of hydrogen-bond acceptors (Lipinski definition) is 3. The predicted molar refractivity (Wildman–Crippen MR) is 96.1 cm³/mol. The van der Waals surface area contributed by atoms with E-state index >= 15 is 0 Å². The Labute approximate surface area is 148 Å². The number of nitrogens with zero attached hydrogens (tertiary/aromatic N) is 4. The maximum absolute atomic E-state index is 13.4. The molecule has 1 aliphatic heterocycles. The molecule has 1 aromatic carbocycles. The first-order valence-corrected chi connectivity index (χ1v) is 8.96. The Morgan fingerprint density at radius 2 is 2.00 bits per heavy atom. The van der Waals surface area contributed by atoms with E-state index in [4.69, 9.17) is 5.10 Å². The van der Waals surface area contributed by atoms with Crippen molar-refractivity contribution in [3.05, 3.63) is 54.2 Å². The molecule has 1 saturated carbocycles. The third-order valence-corrected chi connectivity index (χ3v) is 5.83. The predicted octanol–water partition coefficient (Wildman–Crippen LogP) is 4.45. The number of H-pyrrole nitrogens is 1. The molecule has 6 rings (SSSR count). The van der Waals surface area contributed by atoms with E-state index in [9.17, 15) is 4.39 Å². The van der Waals surface area contributed by atoms with Crippen molar-refractivity contribution in [1.82, 2.24) is 25.0 Å². The molecule has 6 heteroatoms. The summed E-state index contributed by atoms with van der Waals surface area (Å²) in [4.78, 5) is 4.37. The van der Waals surface area contributed by atoms with E-state index in [1.54, 1.807) is 0 Å². The SMILES string of the molecule is Fc1ccc(-c2nn3c(c2-c2ccnc4[nH]ncc24)[C@H]2CCC3C2)cc1. The van der Waals surface area contributed by atoms with Crippen LogP contribution in [-0.4, -0.2) is 25.0 Å². The molecule has 4 heterocycles. The van der Waals surface area contributed by atoms with Crippen LogP contribution in [0.1, 0.15) is 36.9 Å². The number of aromatic nitrogens is 5. The van der Waals surface area contributed by atoms with Gasteiger partial charge in [0.1, 0.15) is 11.5 Å². The second-order valence-corrected chi connectivity index (χ2v) is 7.21. The number of rotatable bonds is 2. The second kappa shape index (κ2) is 5.00. The molecule has 1 fully saturated rings. The Morgan fingerprint density at radius 3 is 2.88 bits per heavy atom. The maximum Gasteiger partial charge on any atom is 0.155 e. The fourth-order valence-corrected chi connectivity index (χ4v) is 4.69. The minimum Gasteiger partial charge on any atom is -0.265 e. The molecule has 2 bridgehead atoms. The number of nitrogens with one attached hydrogen (secondary N) is 1. The molecule has 0 radical (unpaired) electrons. The molecule has 0 spiro atoms. The molecule has 26 heavy (non-hydrogen) atoms. The fraction of sp³-hybridized carbons (Fsp3) is 0.250. The van der Waals surface area contributed by atoms with Crippen molar-refractivity contribution in [3.8, 4) is 22.4 Å². The van der Waals surface area contributed by atoms with Crippen LogP contribution in [0.4, 0.5) is 4.39 Å². The van der Waals surface area contributed by atoms with Crippen LogP contribution in [0.2, 0.25) is 0 Å². The van der Waals surface area contributed by atoms with Crippen LogP contribution in [-0.2, 0) is 0 Å². The largest absolute Gasteiger partial charge is 0.265 e. The maximum atomic E-state index is 13.4. The number of benzene rings is 1. The van der Waals surface area contributed by atoms with Gasteiger partial charge in [-0.25, -0.2) is 9.37 Å². The van der Waals surface area contributed by atoms with E-state index in [1.165, 1.54) is 37.1 Å². The van der Waals surface area contributed by atoms with Crippen molar-refractivity contribution < 1.29 is 4.39 Å². The van der Waals surface area contributed by atoms with Gasteiger partial charge >= 0.3 is 0 Å². The Morgan fingerprint density at radius 1 is 1.12 bits per heavy atom. The van der Waals surface area contributed by atoms with Crippen molar-refractivity contribution in [2.45, 2.75) is 31.2 Å². The molecule has 3 aromatic heterocycles. The number of aromatic amines is 1. The fourth-order valence-electron chi connectivity index (χ4n) is 4.69. The quantitative estimate of drug-likeness (QED) is 0.584. The van der Waals surface area contributed by atoms with Gasteiger partial charge < -0.3 is 0 Å². The molecule has 1 aliphatic carbocycles. The van der Waals surface area contributed by atoms with Crippen LogP contribution in [0.5, 0.6) is 0 Å². The number of pyridine rings is 1. The standard InChI is InChI=1S/C20H16FN5/c21-13-4-1-11(2-5-13)18-17(15-7-8-22-20-16(15)10-23-24-20)19-12-3-6-14(9-12)26(19)25-18/h1-2,4-5,7-8,10,12,14H,3,6,9H2,(H,22,23,24)/t12-,14?/m0/s1. The van der Waals surface area contributed by atoms with Crippen molar-refractivity contribution in [2.24, 2.45) is 0 Å². The summed E-state index contributed by atoms with van der Waals surface area (Å²) < 4.78 is 15.7. The summed E-state index contributed by atoms with van der Waals surface area (Å²) in [7, 11) is 0. The summed E-state index contributed by atoms with van der Waals surface area (Å²) in [6.07, 6.45) is 7.22. The summed E-state index contributed by atoms with van der Waals surface area (Å²) in [6, 6.07) is 9.15. The van der Waals surface area contributed by atoms with E-state index in [2.05, 4.69) is 19.9 Å². The van der Waals surface area contributed by atoms with E-state index < -0.39 is 0 Å². The molecule has 0 amide bonds. The van der Waals surface area contributed by atoms with E-state index in [-0.39, 0.29) is 5.82 Å². The molecule has 5 nitrogen and oxygen atoms in total. The van der Waals surface area contributed by atoms with Gasteiger partial charge in [0.15, 0.2) is 5.65 Å². The van der Waals surface area contributed by atoms with Gasteiger partial charge in [0, 0.05) is 28.6 Å². The van der Waals surface area contributed by atoms with Gasteiger partial charge in [-0.3, -0.25) is 9.78 Å². The van der Waals surface area contributed by atoms with Crippen LogP contribution in [0, 0.1) is 5.82 Å². The summed E-state index contributed by atoms with van der Waals surface area (Å²) in [5.74, 6) is 0.315. The first-order chi connectivity index (χ1) is 12.8. The number of halogens is 1. The van der Waals surface area contributed by atoms with Crippen molar-refractivity contribution in [1.29, 1.82) is 0 Å². The van der Waals surface area contributed by atoms with Gasteiger partial charge in [-0.2, -0.15) is 10.2 Å². The third kappa shape index (κ3) is 1.81. The first kappa shape index (κ1) is 14.2. The lowest BCUT2D eigenvalue weighted by Gasteiger charge is -2.14. The van der Waals surface area contributed by atoms with Crippen LogP contribution in [0.15, 0.2) is 42.7 Å². The molecule has 1 N–H and O–H groups in total. The normalized spacial score (nSPS) is 20.8. The second-order valence-electron chi connectivity index (χ2n) is 7.21. The average Bonchev–Trinajstić information content (AvgIpc) is 3.42. The van der Waals surface area contributed by atoms with Crippen molar-refractivity contribution >= 4 is 11.0 Å². The molecule has 0 saturated heterocycles. The van der Waals surface area contributed by atoms with Gasteiger partial charge in [0.05, 0.1) is 17.9 Å². The minimum atomic E-state index is -0.233. The molecule has 2 aliphatic rings. The lowest BCUT2D eigenvalue weighted by atomic mass is 9.92. The van der Waals surface area contributed by atoms with Gasteiger partial charge in [0.2, 0.25) is 0 Å². The van der Waals surface area contributed by atoms with E-state index in [0.717, 1.165) is 33.4 Å². The Kier molecular flexibility index (Phi) is 2.73. The molecule has 2 atom stereocenters.